The van der Waals surface area contributed by atoms with Crippen LogP contribution in [0.5, 0.6) is 11.5 Å². The van der Waals surface area contributed by atoms with Crippen LogP contribution in [-0.4, -0.2) is 23.7 Å². The lowest BCUT2D eigenvalue weighted by atomic mass is 9.83. The van der Waals surface area contributed by atoms with Crippen LogP contribution in [0.15, 0.2) is 54.6 Å². The third kappa shape index (κ3) is 5.37. The number of hydrogen-bond donors (Lipinski definition) is 2. The molecule has 1 aliphatic rings. The Balaban J connectivity index is 1.55. The van der Waals surface area contributed by atoms with Crippen molar-refractivity contribution in [2.45, 2.75) is 46.3 Å². The molecule has 0 radical (unpaired) electrons. The first kappa shape index (κ1) is 24.4. The SMILES string of the molecule is Cc1ccc(NC(=O)C(C)(C)c2ccc3c(c2)OC(F)(F)O3)nc1-c1cccc(NCC(C)C)c1. The van der Waals surface area contributed by atoms with Gasteiger partial charge in [0.25, 0.3) is 0 Å². The first-order valence-electron chi connectivity index (χ1n) is 11.5. The highest BCUT2D eigenvalue weighted by Gasteiger charge is 2.44. The van der Waals surface area contributed by atoms with Crippen molar-refractivity contribution < 1.29 is 23.0 Å². The first-order chi connectivity index (χ1) is 16.4. The summed E-state index contributed by atoms with van der Waals surface area (Å²) in [4.78, 5) is 17.9. The number of carbonyl (C=O) groups excluding carboxylic acids is 1. The van der Waals surface area contributed by atoms with Gasteiger partial charge in [-0.1, -0.05) is 38.1 Å². The molecule has 0 fully saturated rings. The van der Waals surface area contributed by atoms with Gasteiger partial charge in [-0.05, 0) is 68.1 Å². The monoisotopic (exact) mass is 481 g/mol. The minimum atomic E-state index is -3.71. The zero-order chi connectivity index (χ0) is 25.4. The van der Waals surface area contributed by atoms with Crippen molar-refractivity contribution in [3.05, 3.63) is 65.7 Å². The van der Waals surface area contributed by atoms with Gasteiger partial charge in [-0.3, -0.25) is 4.79 Å². The van der Waals surface area contributed by atoms with E-state index in [0.29, 0.717) is 17.3 Å². The molecule has 35 heavy (non-hydrogen) atoms. The topological polar surface area (TPSA) is 72.5 Å². The summed E-state index contributed by atoms with van der Waals surface area (Å²) in [6.45, 7) is 10.5. The molecule has 2 N–H and O–H groups in total. The van der Waals surface area contributed by atoms with Crippen LogP contribution in [0.2, 0.25) is 0 Å². The number of nitrogens with one attached hydrogen (secondary N) is 2. The Kier molecular flexibility index (Phi) is 6.40. The molecule has 1 amide bonds. The van der Waals surface area contributed by atoms with Crippen molar-refractivity contribution in [2.24, 2.45) is 5.92 Å². The number of aryl methyl sites for hydroxylation is 1. The summed E-state index contributed by atoms with van der Waals surface area (Å²) in [5.41, 5.74) is 3.12. The Morgan fingerprint density at radius 3 is 2.54 bits per heavy atom. The molecular formula is C27H29F2N3O3. The minimum absolute atomic E-state index is 0.0649. The van der Waals surface area contributed by atoms with Crippen molar-refractivity contribution in [1.29, 1.82) is 0 Å². The molecule has 0 saturated heterocycles. The zero-order valence-electron chi connectivity index (χ0n) is 20.4. The number of benzene rings is 2. The van der Waals surface area contributed by atoms with E-state index in [1.54, 1.807) is 26.0 Å². The van der Waals surface area contributed by atoms with Crippen LogP contribution in [0.25, 0.3) is 11.3 Å². The van der Waals surface area contributed by atoms with Gasteiger partial charge in [-0.2, -0.15) is 0 Å². The van der Waals surface area contributed by atoms with Crippen LogP contribution in [0.1, 0.15) is 38.8 Å². The maximum Gasteiger partial charge on any atom is 0.586 e. The molecule has 3 aromatic rings. The normalized spacial score (nSPS) is 14.2. The van der Waals surface area contributed by atoms with Gasteiger partial charge in [0.1, 0.15) is 5.82 Å². The van der Waals surface area contributed by atoms with Crippen molar-refractivity contribution in [3.63, 3.8) is 0 Å². The van der Waals surface area contributed by atoms with Crippen LogP contribution in [0.3, 0.4) is 0 Å². The van der Waals surface area contributed by atoms with E-state index in [-0.39, 0.29) is 17.4 Å². The number of nitrogens with zero attached hydrogens (tertiary/aromatic N) is 1. The number of pyridine rings is 1. The molecule has 0 saturated carbocycles. The Labute approximate surface area is 203 Å². The molecule has 0 atom stereocenters. The summed E-state index contributed by atoms with van der Waals surface area (Å²) in [6, 6.07) is 16.0. The highest BCUT2D eigenvalue weighted by Crippen LogP contribution is 2.43. The zero-order valence-corrected chi connectivity index (χ0v) is 20.4. The Morgan fingerprint density at radius 2 is 1.80 bits per heavy atom. The quantitative estimate of drug-likeness (QED) is 0.411. The Morgan fingerprint density at radius 1 is 1.06 bits per heavy atom. The fourth-order valence-corrected chi connectivity index (χ4v) is 3.73. The average molecular weight is 482 g/mol. The molecule has 0 bridgehead atoms. The summed E-state index contributed by atoms with van der Waals surface area (Å²) in [6.07, 6.45) is -3.71. The average Bonchev–Trinajstić information content (AvgIpc) is 3.12. The Bertz CT molecular complexity index is 1260. The van der Waals surface area contributed by atoms with Crippen molar-refractivity contribution in [2.75, 3.05) is 17.2 Å². The highest BCUT2D eigenvalue weighted by molar-refractivity contribution is 5.98. The van der Waals surface area contributed by atoms with E-state index in [0.717, 1.165) is 29.1 Å². The fraction of sp³-hybridized carbons (Fsp3) is 0.333. The van der Waals surface area contributed by atoms with Crippen LogP contribution < -0.4 is 20.1 Å². The number of anilines is 2. The third-order valence-corrected chi connectivity index (χ3v) is 5.88. The van der Waals surface area contributed by atoms with Gasteiger partial charge in [0.15, 0.2) is 11.5 Å². The molecule has 0 spiro atoms. The van der Waals surface area contributed by atoms with Gasteiger partial charge in [0.2, 0.25) is 5.91 Å². The number of amides is 1. The lowest BCUT2D eigenvalue weighted by molar-refractivity contribution is -0.286. The molecule has 8 heteroatoms. The molecule has 2 aromatic carbocycles. The molecular weight excluding hydrogens is 452 g/mol. The van der Waals surface area contributed by atoms with Crippen LogP contribution in [0.4, 0.5) is 20.3 Å². The summed E-state index contributed by atoms with van der Waals surface area (Å²) in [5, 5.41) is 6.29. The van der Waals surface area contributed by atoms with E-state index in [1.165, 1.54) is 12.1 Å². The van der Waals surface area contributed by atoms with E-state index in [4.69, 9.17) is 4.98 Å². The van der Waals surface area contributed by atoms with E-state index >= 15 is 0 Å². The van der Waals surface area contributed by atoms with Gasteiger partial charge < -0.3 is 20.1 Å². The predicted molar refractivity (Wildman–Crippen MR) is 132 cm³/mol. The lowest BCUT2D eigenvalue weighted by Gasteiger charge is -2.24. The van der Waals surface area contributed by atoms with Crippen molar-refractivity contribution >= 4 is 17.4 Å². The number of carbonyl (C=O) groups is 1. The second-order valence-electron chi connectivity index (χ2n) is 9.63. The molecule has 2 heterocycles. The lowest BCUT2D eigenvalue weighted by Crippen LogP contribution is -2.35. The van der Waals surface area contributed by atoms with Gasteiger partial charge >= 0.3 is 6.29 Å². The van der Waals surface area contributed by atoms with Crippen molar-refractivity contribution in [1.82, 2.24) is 4.98 Å². The summed E-state index contributed by atoms with van der Waals surface area (Å²) >= 11 is 0. The molecule has 0 aliphatic carbocycles. The number of ether oxygens (including phenoxy) is 2. The summed E-state index contributed by atoms with van der Waals surface area (Å²) < 4.78 is 35.8. The second kappa shape index (κ2) is 9.17. The molecule has 6 nitrogen and oxygen atoms in total. The van der Waals surface area contributed by atoms with Crippen LogP contribution >= 0.6 is 0 Å². The summed E-state index contributed by atoms with van der Waals surface area (Å²) in [7, 11) is 0. The molecule has 1 aromatic heterocycles. The fourth-order valence-electron chi connectivity index (χ4n) is 3.73. The first-order valence-corrected chi connectivity index (χ1v) is 11.5. The van der Waals surface area contributed by atoms with Gasteiger partial charge in [-0.15, -0.1) is 8.78 Å². The summed E-state index contributed by atoms with van der Waals surface area (Å²) in [5.74, 6) is 0.413. The van der Waals surface area contributed by atoms with Gasteiger partial charge in [0.05, 0.1) is 11.1 Å². The minimum Gasteiger partial charge on any atom is -0.395 e. The van der Waals surface area contributed by atoms with Crippen LogP contribution in [-0.2, 0) is 10.2 Å². The number of hydrogen-bond acceptors (Lipinski definition) is 5. The van der Waals surface area contributed by atoms with E-state index in [1.807, 2.05) is 37.3 Å². The molecule has 184 valence electrons. The van der Waals surface area contributed by atoms with E-state index < -0.39 is 11.7 Å². The molecule has 1 aliphatic heterocycles. The maximum absolute atomic E-state index is 13.4. The maximum atomic E-state index is 13.4. The van der Waals surface area contributed by atoms with Crippen LogP contribution in [0, 0.1) is 12.8 Å². The second-order valence-corrected chi connectivity index (χ2v) is 9.63. The predicted octanol–water partition coefficient (Wildman–Crippen LogP) is 6.36. The molecule has 0 unspecified atom stereocenters. The third-order valence-electron chi connectivity index (χ3n) is 5.88. The van der Waals surface area contributed by atoms with E-state index in [9.17, 15) is 13.6 Å². The number of fused-ring (bicyclic) bond motifs is 1. The number of aromatic nitrogens is 1. The van der Waals surface area contributed by atoms with Gasteiger partial charge in [-0.25, -0.2) is 4.98 Å². The number of alkyl halides is 2. The largest absolute Gasteiger partial charge is 0.586 e. The van der Waals surface area contributed by atoms with E-state index in [2.05, 4.69) is 34.0 Å². The number of halogens is 2. The van der Waals surface area contributed by atoms with Gasteiger partial charge in [0, 0.05) is 17.8 Å². The Hall–Kier alpha value is -3.68. The smallest absolute Gasteiger partial charge is 0.395 e. The number of rotatable bonds is 7. The van der Waals surface area contributed by atoms with Crippen molar-refractivity contribution in [3.8, 4) is 22.8 Å². The standard InChI is InChI=1S/C27H29F2N3O3/c1-16(2)15-30-20-8-6-7-18(13-20)24-17(3)9-12-23(31-24)32-25(33)26(4,5)19-10-11-21-22(14-19)35-27(28,29)34-21/h6-14,16,30H,15H2,1-5H3,(H,31,32,33). The highest BCUT2D eigenvalue weighted by atomic mass is 19.3. The molecule has 4 rings (SSSR count).